The number of hydrogen-bond acceptors (Lipinski definition) is 5. The zero-order valence-corrected chi connectivity index (χ0v) is 14.1. The molecule has 0 amide bonds. The van der Waals surface area contributed by atoms with Crippen LogP contribution in [-0.2, 0) is 10.0 Å². The van der Waals surface area contributed by atoms with Crippen LogP contribution >= 0.6 is 11.6 Å². The summed E-state index contributed by atoms with van der Waals surface area (Å²) >= 11 is 6.07. The van der Waals surface area contributed by atoms with E-state index < -0.39 is 21.3 Å². The number of aromatic nitrogens is 3. The predicted molar refractivity (Wildman–Crippen MR) is 85.6 cm³/mol. The van der Waals surface area contributed by atoms with Crippen molar-refractivity contribution in [3.05, 3.63) is 50.3 Å². The van der Waals surface area contributed by atoms with Crippen molar-refractivity contribution in [3.8, 4) is 5.69 Å². The van der Waals surface area contributed by atoms with Crippen molar-refractivity contribution < 1.29 is 8.42 Å². The first-order valence-corrected chi connectivity index (χ1v) is 8.54. The molecule has 0 spiro atoms. The van der Waals surface area contributed by atoms with Gasteiger partial charge in [-0.2, -0.15) is 9.78 Å². The third-order valence-corrected chi connectivity index (χ3v) is 5.44. The summed E-state index contributed by atoms with van der Waals surface area (Å²) in [5.41, 5.74) is -1.13. The van der Waals surface area contributed by atoms with Crippen LogP contribution in [0.15, 0.2) is 38.9 Å². The van der Waals surface area contributed by atoms with E-state index in [9.17, 15) is 18.0 Å². The van der Waals surface area contributed by atoms with E-state index in [2.05, 4.69) is 10.1 Å². The number of hydrogen-bond donors (Lipinski definition) is 1. The van der Waals surface area contributed by atoms with Gasteiger partial charge in [-0.25, -0.2) is 17.5 Å². The van der Waals surface area contributed by atoms with Crippen LogP contribution in [0.4, 0.5) is 0 Å². The highest BCUT2D eigenvalue weighted by Gasteiger charge is 2.23. The van der Waals surface area contributed by atoms with Crippen LogP contribution in [0.5, 0.6) is 0 Å². The summed E-state index contributed by atoms with van der Waals surface area (Å²) in [4.78, 5) is 24.7. The van der Waals surface area contributed by atoms with Gasteiger partial charge in [0.25, 0.3) is 5.56 Å². The molecule has 0 unspecified atom stereocenters. The molecular formula is C13H15ClN4O4S. The molecule has 0 aliphatic rings. The fraction of sp³-hybridized carbons (Fsp3) is 0.308. The second-order valence-electron chi connectivity index (χ2n) is 4.79. The Balaban J connectivity index is 2.50. The minimum Gasteiger partial charge on any atom is -0.271 e. The molecule has 1 aromatic carbocycles. The summed E-state index contributed by atoms with van der Waals surface area (Å²) in [5, 5.41) is 3.65. The molecule has 0 aliphatic carbocycles. The first-order valence-electron chi connectivity index (χ1n) is 6.72. The Morgan fingerprint density at radius 1 is 1.35 bits per heavy atom. The lowest BCUT2D eigenvalue weighted by Gasteiger charge is -2.17. The molecule has 23 heavy (non-hydrogen) atoms. The second-order valence-corrected chi connectivity index (χ2v) is 7.21. The van der Waals surface area contributed by atoms with Gasteiger partial charge in [0.05, 0.1) is 10.7 Å². The van der Waals surface area contributed by atoms with Gasteiger partial charge in [0.2, 0.25) is 10.0 Å². The van der Waals surface area contributed by atoms with E-state index in [1.54, 1.807) is 0 Å². The van der Waals surface area contributed by atoms with E-state index in [1.807, 2.05) is 6.92 Å². The lowest BCUT2D eigenvalue weighted by atomic mass is 10.3. The van der Waals surface area contributed by atoms with Gasteiger partial charge >= 0.3 is 5.69 Å². The van der Waals surface area contributed by atoms with Crippen LogP contribution < -0.4 is 11.2 Å². The molecule has 0 radical (unpaired) electrons. The average molecular weight is 359 g/mol. The number of nitrogens with zero attached hydrogens (tertiary/aromatic N) is 3. The zero-order chi connectivity index (χ0) is 17.2. The lowest BCUT2D eigenvalue weighted by molar-refractivity contribution is 0.468. The quantitative estimate of drug-likeness (QED) is 0.842. The van der Waals surface area contributed by atoms with Crippen molar-refractivity contribution in [2.24, 2.45) is 0 Å². The molecule has 0 bridgehead atoms. The molecule has 1 heterocycles. The van der Waals surface area contributed by atoms with E-state index >= 15 is 0 Å². The Morgan fingerprint density at radius 2 is 2.04 bits per heavy atom. The highest BCUT2D eigenvalue weighted by Crippen LogP contribution is 2.26. The Hall–Kier alpha value is -1.97. The van der Waals surface area contributed by atoms with Crippen LogP contribution in [0, 0.1) is 0 Å². The van der Waals surface area contributed by atoms with Gasteiger partial charge in [-0.05, 0) is 24.6 Å². The largest absolute Gasteiger partial charge is 0.349 e. The maximum Gasteiger partial charge on any atom is 0.349 e. The van der Waals surface area contributed by atoms with E-state index in [4.69, 9.17) is 11.6 Å². The number of H-pyrrole nitrogens is 1. The number of sulfonamides is 1. The molecule has 2 rings (SSSR count). The van der Waals surface area contributed by atoms with Gasteiger partial charge in [-0.3, -0.25) is 9.78 Å². The summed E-state index contributed by atoms with van der Waals surface area (Å²) < 4.78 is 26.9. The SMILES string of the molecule is CCCN(C)S(=O)(=O)c1ccc(-n2ncc(=O)[nH]c2=O)cc1Cl. The number of nitrogens with one attached hydrogen (secondary N) is 1. The minimum absolute atomic E-state index is 0.0367. The normalized spacial score (nSPS) is 11.8. The molecule has 124 valence electrons. The Bertz CT molecular complexity index is 935. The van der Waals surface area contributed by atoms with Crippen molar-refractivity contribution >= 4 is 21.6 Å². The summed E-state index contributed by atoms with van der Waals surface area (Å²) in [5.74, 6) is 0. The highest BCUT2D eigenvalue weighted by molar-refractivity contribution is 7.89. The third-order valence-electron chi connectivity index (χ3n) is 3.10. The third kappa shape index (κ3) is 3.52. The van der Waals surface area contributed by atoms with Crippen LogP contribution in [0.3, 0.4) is 0 Å². The maximum absolute atomic E-state index is 12.4. The van der Waals surface area contributed by atoms with E-state index in [1.165, 1.54) is 29.6 Å². The number of benzene rings is 1. The van der Waals surface area contributed by atoms with Gasteiger partial charge in [0.15, 0.2) is 0 Å². The van der Waals surface area contributed by atoms with Crippen molar-refractivity contribution in [1.29, 1.82) is 0 Å². The molecule has 0 saturated carbocycles. The summed E-state index contributed by atoms with van der Waals surface area (Å²) in [6.45, 7) is 2.23. The number of aromatic amines is 1. The van der Waals surface area contributed by atoms with E-state index in [0.717, 1.165) is 10.9 Å². The lowest BCUT2D eigenvalue weighted by Crippen LogP contribution is -2.30. The standard InChI is InChI=1S/C13H15ClN4O4S/c1-3-6-17(2)23(21,22)11-5-4-9(7-10(11)14)18-13(20)16-12(19)8-15-18/h4-5,7-8H,3,6H2,1-2H3,(H,16,19,20). The summed E-state index contributed by atoms with van der Waals surface area (Å²) in [7, 11) is -2.24. The number of halogens is 1. The van der Waals surface area contributed by atoms with Crippen molar-refractivity contribution in [2.75, 3.05) is 13.6 Å². The predicted octanol–water partition coefficient (Wildman–Crippen LogP) is 0.605. The smallest absolute Gasteiger partial charge is 0.271 e. The first kappa shape index (κ1) is 17.4. The van der Waals surface area contributed by atoms with Crippen molar-refractivity contribution in [1.82, 2.24) is 19.1 Å². The zero-order valence-electron chi connectivity index (χ0n) is 12.5. The first-order chi connectivity index (χ1) is 10.8. The molecular weight excluding hydrogens is 344 g/mol. The topological polar surface area (TPSA) is 105 Å². The molecule has 10 heteroatoms. The second kappa shape index (κ2) is 6.65. The van der Waals surface area contributed by atoms with Crippen LogP contribution in [0.1, 0.15) is 13.3 Å². The summed E-state index contributed by atoms with van der Waals surface area (Å²) in [6.07, 6.45) is 1.61. The molecule has 1 aromatic heterocycles. The van der Waals surface area contributed by atoms with Gasteiger partial charge in [-0.1, -0.05) is 18.5 Å². The molecule has 0 atom stereocenters. The fourth-order valence-electron chi connectivity index (χ4n) is 1.97. The average Bonchev–Trinajstić information content (AvgIpc) is 2.47. The highest BCUT2D eigenvalue weighted by atomic mass is 35.5. The Morgan fingerprint density at radius 3 is 2.61 bits per heavy atom. The van der Waals surface area contributed by atoms with Gasteiger partial charge in [0.1, 0.15) is 11.1 Å². The van der Waals surface area contributed by atoms with E-state index in [0.29, 0.717) is 13.0 Å². The minimum atomic E-state index is -3.71. The molecule has 8 nitrogen and oxygen atoms in total. The molecule has 0 saturated heterocycles. The monoisotopic (exact) mass is 358 g/mol. The summed E-state index contributed by atoms with van der Waals surface area (Å²) in [6, 6.07) is 4.00. The van der Waals surface area contributed by atoms with Crippen molar-refractivity contribution in [2.45, 2.75) is 18.2 Å². The fourth-order valence-corrected chi connectivity index (χ4v) is 3.74. The Labute approximate surface area is 137 Å². The van der Waals surface area contributed by atoms with Gasteiger partial charge in [0, 0.05) is 13.6 Å². The maximum atomic E-state index is 12.4. The van der Waals surface area contributed by atoms with E-state index in [-0.39, 0.29) is 15.6 Å². The molecule has 1 N–H and O–H groups in total. The number of rotatable bonds is 5. The van der Waals surface area contributed by atoms with Crippen molar-refractivity contribution in [3.63, 3.8) is 0 Å². The molecule has 2 aromatic rings. The molecule has 0 fully saturated rings. The molecule has 0 aliphatic heterocycles. The van der Waals surface area contributed by atoms with Crippen LogP contribution in [0.2, 0.25) is 5.02 Å². The van der Waals surface area contributed by atoms with Crippen LogP contribution in [0.25, 0.3) is 5.69 Å². The van der Waals surface area contributed by atoms with Gasteiger partial charge < -0.3 is 0 Å². The van der Waals surface area contributed by atoms with Crippen LogP contribution in [-0.4, -0.2) is 41.1 Å². The Kier molecular flexibility index (Phi) is 5.03. The van der Waals surface area contributed by atoms with Gasteiger partial charge in [-0.15, -0.1) is 0 Å².